The summed E-state index contributed by atoms with van der Waals surface area (Å²) >= 11 is 0. The molecule has 1 amide bonds. The molecule has 0 bridgehead atoms. The summed E-state index contributed by atoms with van der Waals surface area (Å²) in [6, 6.07) is 5.95. The monoisotopic (exact) mass is 196 g/mol. The third-order valence-electron chi connectivity index (χ3n) is 2.08. The van der Waals surface area contributed by atoms with Crippen molar-refractivity contribution in [2.75, 3.05) is 6.54 Å². The van der Waals surface area contributed by atoms with Crippen LogP contribution in [0.1, 0.15) is 5.56 Å². The zero-order valence-electron chi connectivity index (χ0n) is 7.74. The Morgan fingerprint density at radius 3 is 2.36 bits per heavy atom. The van der Waals surface area contributed by atoms with Gasteiger partial charge in [0, 0.05) is 6.54 Å². The molecule has 0 unspecified atom stereocenters. The van der Waals surface area contributed by atoms with Gasteiger partial charge in [0.2, 0.25) is 5.91 Å². The molecule has 4 heteroatoms. The number of carbonyl (C=O) groups is 1. The Kier molecular flexibility index (Phi) is 3.59. The van der Waals surface area contributed by atoms with Gasteiger partial charge in [0.25, 0.3) is 0 Å². The fourth-order valence-electron chi connectivity index (χ4n) is 1.21. The predicted octanol–water partition coefficient (Wildman–Crippen LogP) is 0.428. The molecule has 0 heterocycles. The highest BCUT2D eigenvalue weighted by Crippen LogP contribution is 2.08. The molecule has 0 saturated carbocycles. The van der Waals surface area contributed by atoms with Crippen LogP contribution in [-0.2, 0) is 11.2 Å². The first kappa shape index (κ1) is 10.7. The van der Waals surface area contributed by atoms with Crippen LogP contribution in [0, 0.1) is 11.7 Å². The average molecular weight is 196 g/mol. The molecule has 1 atom stereocenters. The normalized spacial score (nSPS) is 12.4. The Morgan fingerprint density at radius 1 is 1.36 bits per heavy atom. The van der Waals surface area contributed by atoms with Crippen LogP contribution in [0.4, 0.5) is 4.39 Å². The van der Waals surface area contributed by atoms with Gasteiger partial charge < -0.3 is 11.5 Å². The topological polar surface area (TPSA) is 69.1 Å². The van der Waals surface area contributed by atoms with Crippen LogP contribution in [0.15, 0.2) is 24.3 Å². The number of carbonyl (C=O) groups excluding carboxylic acids is 1. The lowest BCUT2D eigenvalue weighted by atomic mass is 9.99. The fourth-order valence-corrected chi connectivity index (χ4v) is 1.21. The van der Waals surface area contributed by atoms with Gasteiger partial charge in [-0.2, -0.15) is 0 Å². The van der Waals surface area contributed by atoms with Gasteiger partial charge in [0.1, 0.15) is 5.82 Å². The van der Waals surface area contributed by atoms with Crippen LogP contribution in [0.25, 0.3) is 0 Å². The molecule has 1 aromatic rings. The lowest BCUT2D eigenvalue weighted by Gasteiger charge is -2.09. The van der Waals surface area contributed by atoms with Gasteiger partial charge in [-0.1, -0.05) is 12.1 Å². The van der Waals surface area contributed by atoms with E-state index >= 15 is 0 Å². The van der Waals surface area contributed by atoms with Crippen molar-refractivity contribution in [3.63, 3.8) is 0 Å². The molecule has 0 aliphatic heterocycles. The molecule has 4 N–H and O–H groups in total. The zero-order chi connectivity index (χ0) is 10.6. The fraction of sp³-hybridized carbons (Fsp3) is 0.300. The number of primary amides is 1. The number of amides is 1. The summed E-state index contributed by atoms with van der Waals surface area (Å²) in [6.07, 6.45) is 0.464. The van der Waals surface area contributed by atoms with Gasteiger partial charge >= 0.3 is 0 Å². The minimum absolute atomic E-state index is 0.215. The van der Waals surface area contributed by atoms with E-state index in [0.717, 1.165) is 5.56 Å². The number of halogens is 1. The van der Waals surface area contributed by atoms with E-state index in [0.29, 0.717) is 6.42 Å². The Balaban J connectivity index is 2.67. The van der Waals surface area contributed by atoms with Gasteiger partial charge in [0.15, 0.2) is 0 Å². The number of nitrogens with two attached hydrogens (primary N) is 2. The van der Waals surface area contributed by atoms with E-state index in [-0.39, 0.29) is 18.3 Å². The molecule has 0 saturated heterocycles. The van der Waals surface area contributed by atoms with Gasteiger partial charge in [-0.3, -0.25) is 4.79 Å². The molecule has 0 aliphatic carbocycles. The maximum Gasteiger partial charge on any atom is 0.222 e. The van der Waals surface area contributed by atoms with Crippen molar-refractivity contribution in [2.24, 2.45) is 17.4 Å². The SMILES string of the molecule is NC[C@H](Cc1ccc(F)cc1)C(N)=O. The molecule has 1 rings (SSSR count). The van der Waals surface area contributed by atoms with Gasteiger partial charge in [-0.25, -0.2) is 4.39 Å². The average Bonchev–Trinajstić information content (AvgIpc) is 2.16. The minimum Gasteiger partial charge on any atom is -0.369 e. The Hall–Kier alpha value is -1.42. The maximum atomic E-state index is 12.5. The molecule has 1 aromatic carbocycles. The van der Waals surface area contributed by atoms with Crippen molar-refractivity contribution in [1.82, 2.24) is 0 Å². The lowest BCUT2D eigenvalue weighted by molar-refractivity contribution is -0.121. The van der Waals surface area contributed by atoms with E-state index in [9.17, 15) is 9.18 Å². The summed E-state index contributed by atoms with van der Waals surface area (Å²) in [5, 5.41) is 0. The summed E-state index contributed by atoms with van der Waals surface area (Å²) in [7, 11) is 0. The Labute approximate surface area is 81.9 Å². The molecular weight excluding hydrogens is 183 g/mol. The van der Waals surface area contributed by atoms with Crippen molar-refractivity contribution in [3.05, 3.63) is 35.6 Å². The van der Waals surface area contributed by atoms with Crippen molar-refractivity contribution >= 4 is 5.91 Å². The number of rotatable bonds is 4. The molecule has 0 spiro atoms. The van der Waals surface area contributed by atoms with Crippen LogP contribution in [-0.4, -0.2) is 12.5 Å². The first-order valence-electron chi connectivity index (χ1n) is 4.37. The third-order valence-corrected chi connectivity index (χ3v) is 2.08. The smallest absolute Gasteiger partial charge is 0.222 e. The highest BCUT2D eigenvalue weighted by atomic mass is 19.1. The number of hydrogen-bond donors (Lipinski definition) is 2. The molecule has 76 valence electrons. The minimum atomic E-state index is -0.420. The van der Waals surface area contributed by atoms with Crippen LogP contribution < -0.4 is 11.5 Å². The molecule has 3 nitrogen and oxygen atoms in total. The summed E-state index contributed by atoms with van der Waals surface area (Å²) in [4.78, 5) is 10.9. The predicted molar refractivity (Wildman–Crippen MR) is 51.8 cm³/mol. The van der Waals surface area contributed by atoms with Gasteiger partial charge in [-0.15, -0.1) is 0 Å². The van der Waals surface area contributed by atoms with Crippen molar-refractivity contribution in [2.45, 2.75) is 6.42 Å². The number of benzene rings is 1. The summed E-state index contributed by atoms with van der Waals surface area (Å²) in [6.45, 7) is 0.215. The second-order valence-electron chi connectivity index (χ2n) is 3.17. The maximum absolute atomic E-state index is 12.5. The van der Waals surface area contributed by atoms with E-state index in [1.807, 2.05) is 0 Å². The molecule has 0 fully saturated rings. The molecule has 14 heavy (non-hydrogen) atoms. The van der Waals surface area contributed by atoms with Crippen molar-refractivity contribution in [1.29, 1.82) is 0 Å². The van der Waals surface area contributed by atoms with Gasteiger partial charge in [-0.05, 0) is 24.1 Å². The van der Waals surface area contributed by atoms with Crippen LogP contribution in [0.5, 0.6) is 0 Å². The van der Waals surface area contributed by atoms with E-state index in [1.54, 1.807) is 12.1 Å². The van der Waals surface area contributed by atoms with Gasteiger partial charge in [0.05, 0.1) is 5.92 Å². The summed E-state index contributed by atoms with van der Waals surface area (Å²) in [5.74, 6) is -1.09. The quantitative estimate of drug-likeness (QED) is 0.733. The first-order valence-corrected chi connectivity index (χ1v) is 4.37. The summed E-state index contributed by atoms with van der Waals surface area (Å²) < 4.78 is 12.5. The standard InChI is InChI=1S/C10H13FN2O/c11-9-3-1-7(2-4-9)5-8(6-12)10(13)14/h1-4,8H,5-6,12H2,(H2,13,14)/t8-/m0/s1. The van der Waals surface area contributed by atoms with Crippen molar-refractivity contribution < 1.29 is 9.18 Å². The van der Waals surface area contributed by atoms with Crippen LogP contribution in [0.2, 0.25) is 0 Å². The zero-order valence-corrected chi connectivity index (χ0v) is 7.74. The van der Waals surface area contributed by atoms with E-state index < -0.39 is 5.91 Å². The van der Waals surface area contributed by atoms with E-state index in [4.69, 9.17) is 11.5 Å². The summed E-state index contributed by atoms with van der Waals surface area (Å²) in [5.41, 5.74) is 11.4. The van der Waals surface area contributed by atoms with Crippen LogP contribution in [0.3, 0.4) is 0 Å². The second kappa shape index (κ2) is 4.72. The molecule has 0 aromatic heterocycles. The largest absolute Gasteiger partial charge is 0.369 e. The molecule has 0 radical (unpaired) electrons. The Morgan fingerprint density at radius 2 is 1.93 bits per heavy atom. The number of hydrogen-bond acceptors (Lipinski definition) is 2. The molecular formula is C10H13FN2O. The van der Waals surface area contributed by atoms with Crippen LogP contribution >= 0.6 is 0 Å². The first-order chi connectivity index (χ1) is 6.63. The second-order valence-corrected chi connectivity index (χ2v) is 3.17. The van der Waals surface area contributed by atoms with E-state index in [2.05, 4.69) is 0 Å². The molecule has 0 aliphatic rings. The Bertz CT molecular complexity index is 310. The lowest BCUT2D eigenvalue weighted by Crippen LogP contribution is -2.31. The van der Waals surface area contributed by atoms with E-state index in [1.165, 1.54) is 12.1 Å². The highest BCUT2D eigenvalue weighted by molar-refractivity contribution is 5.77. The van der Waals surface area contributed by atoms with Crippen molar-refractivity contribution in [3.8, 4) is 0 Å². The third kappa shape index (κ3) is 2.81. The highest BCUT2D eigenvalue weighted by Gasteiger charge is 2.13.